The number of rotatable bonds is 5. The van der Waals surface area contributed by atoms with E-state index in [1.807, 2.05) is 13.8 Å². The van der Waals surface area contributed by atoms with E-state index in [0.29, 0.717) is 10.8 Å². The summed E-state index contributed by atoms with van der Waals surface area (Å²) in [7, 11) is 0. The molecule has 2 N–H and O–H groups in total. The van der Waals surface area contributed by atoms with Crippen molar-refractivity contribution in [1.82, 2.24) is 10.6 Å². The molecule has 3 rings (SSSR count). The predicted octanol–water partition coefficient (Wildman–Crippen LogP) is 7.16. The molecular weight excluding hydrogens is 340 g/mol. The van der Waals surface area contributed by atoms with Crippen molar-refractivity contribution in [3.8, 4) is 0 Å². The summed E-state index contributed by atoms with van der Waals surface area (Å²) in [5.41, 5.74) is 2.36. The summed E-state index contributed by atoms with van der Waals surface area (Å²) in [6, 6.07) is 0.789. The van der Waals surface area contributed by atoms with Crippen molar-refractivity contribution >= 4 is 0 Å². The van der Waals surface area contributed by atoms with Gasteiger partial charge in [0.25, 0.3) is 0 Å². The van der Waals surface area contributed by atoms with Crippen LogP contribution in [0.2, 0.25) is 0 Å². The second-order valence-corrected chi connectivity index (χ2v) is 10.2. The highest BCUT2D eigenvalue weighted by molar-refractivity contribution is 5.15. The van der Waals surface area contributed by atoms with Crippen LogP contribution in [0.3, 0.4) is 0 Å². The molecule has 1 saturated carbocycles. The van der Waals surface area contributed by atoms with Gasteiger partial charge in [-0.3, -0.25) is 0 Å². The number of nitrogens with one attached hydrogen (secondary N) is 2. The largest absolute Gasteiger partial charge is 0.388 e. The van der Waals surface area contributed by atoms with Crippen LogP contribution in [0.25, 0.3) is 0 Å². The van der Waals surface area contributed by atoms with Crippen molar-refractivity contribution < 1.29 is 0 Å². The highest BCUT2D eigenvalue weighted by Crippen LogP contribution is 2.49. The molecule has 0 aromatic rings. The Morgan fingerprint density at radius 3 is 1.93 bits per heavy atom. The third-order valence-electron chi connectivity index (χ3n) is 8.24. The number of hydrogen-bond donors (Lipinski definition) is 2. The molecule has 28 heavy (non-hydrogen) atoms. The van der Waals surface area contributed by atoms with Crippen LogP contribution in [0.4, 0.5) is 0 Å². The molecular formula is C26H52N2. The Labute approximate surface area is 177 Å². The van der Waals surface area contributed by atoms with Gasteiger partial charge in [0.1, 0.15) is 0 Å². The average Bonchev–Trinajstić information content (AvgIpc) is 2.96. The molecule has 0 amide bonds. The summed E-state index contributed by atoms with van der Waals surface area (Å²) >= 11 is 0. The summed E-state index contributed by atoms with van der Waals surface area (Å²) in [5, 5.41) is 6.98. The van der Waals surface area contributed by atoms with Gasteiger partial charge >= 0.3 is 0 Å². The van der Waals surface area contributed by atoms with E-state index in [1.54, 1.807) is 0 Å². The monoisotopic (exact) mass is 392 g/mol. The molecule has 1 spiro atoms. The van der Waals surface area contributed by atoms with Crippen LogP contribution in [-0.4, -0.2) is 19.1 Å². The quantitative estimate of drug-likeness (QED) is 0.518. The minimum Gasteiger partial charge on any atom is -0.388 e. The van der Waals surface area contributed by atoms with Crippen molar-refractivity contribution in [2.45, 2.75) is 113 Å². The molecule has 2 saturated heterocycles. The van der Waals surface area contributed by atoms with E-state index in [1.165, 1.54) is 63.6 Å². The lowest BCUT2D eigenvalue weighted by molar-refractivity contribution is 0.0833. The molecule has 0 aromatic carbocycles. The molecule has 2 heterocycles. The molecule has 2 nitrogen and oxygen atoms in total. The Morgan fingerprint density at radius 1 is 1.04 bits per heavy atom. The van der Waals surface area contributed by atoms with E-state index in [0.717, 1.165) is 30.3 Å². The van der Waals surface area contributed by atoms with E-state index in [2.05, 4.69) is 58.8 Å². The third kappa shape index (κ3) is 6.00. The van der Waals surface area contributed by atoms with Crippen LogP contribution in [-0.2, 0) is 0 Å². The smallest absolute Gasteiger partial charge is 0.0153 e. The van der Waals surface area contributed by atoms with Crippen molar-refractivity contribution in [2.24, 2.45) is 28.6 Å². The molecule has 2 unspecified atom stereocenters. The molecule has 0 radical (unpaired) electrons. The van der Waals surface area contributed by atoms with Gasteiger partial charge < -0.3 is 10.6 Å². The van der Waals surface area contributed by atoms with Crippen molar-refractivity contribution in [2.75, 3.05) is 13.1 Å². The van der Waals surface area contributed by atoms with Crippen LogP contribution in [0.15, 0.2) is 12.3 Å². The highest BCUT2D eigenvalue weighted by atomic mass is 15.0. The predicted molar refractivity (Wildman–Crippen MR) is 127 cm³/mol. The van der Waals surface area contributed by atoms with Gasteiger partial charge in [-0.15, -0.1) is 0 Å². The summed E-state index contributed by atoms with van der Waals surface area (Å²) in [4.78, 5) is 0. The molecule has 2 aliphatic heterocycles. The molecule has 3 fully saturated rings. The summed E-state index contributed by atoms with van der Waals surface area (Å²) in [6.07, 6.45) is 11.0. The van der Waals surface area contributed by atoms with Crippen LogP contribution in [0.5, 0.6) is 0 Å². The van der Waals surface area contributed by atoms with Crippen molar-refractivity contribution in [3.05, 3.63) is 12.3 Å². The maximum absolute atomic E-state index is 4.19. The van der Waals surface area contributed by atoms with Gasteiger partial charge in [-0.2, -0.15) is 0 Å². The van der Waals surface area contributed by atoms with Gasteiger partial charge in [-0.1, -0.05) is 68.4 Å². The van der Waals surface area contributed by atoms with Gasteiger partial charge in [0.2, 0.25) is 0 Å². The molecule has 3 aliphatic rings. The van der Waals surface area contributed by atoms with E-state index >= 15 is 0 Å². The van der Waals surface area contributed by atoms with Gasteiger partial charge in [0.15, 0.2) is 0 Å². The lowest BCUT2D eigenvalue weighted by Crippen LogP contribution is -2.55. The van der Waals surface area contributed by atoms with Crippen LogP contribution in [0, 0.1) is 28.6 Å². The van der Waals surface area contributed by atoms with E-state index < -0.39 is 0 Å². The number of hydrogen-bond acceptors (Lipinski definition) is 2. The van der Waals surface area contributed by atoms with Gasteiger partial charge in [-0.25, -0.2) is 0 Å². The Bertz CT molecular complexity index is 441. The zero-order chi connectivity index (χ0) is 21.4. The maximum atomic E-state index is 4.19. The Hall–Kier alpha value is -0.500. The summed E-state index contributed by atoms with van der Waals surface area (Å²) < 4.78 is 0. The number of allylic oxidation sites excluding steroid dienone is 1. The fraction of sp³-hybridized carbons (Fsp3) is 0.923. The van der Waals surface area contributed by atoms with Gasteiger partial charge in [0.05, 0.1) is 0 Å². The first-order valence-electron chi connectivity index (χ1n) is 12.4. The normalized spacial score (nSPS) is 31.3. The Balaban J connectivity index is 0.000000260. The topological polar surface area (TPSA) is 24.1 Å². The zero-order valence-corrected chi connectivity index (χ0v) is 20.6. The van der Waals surface area contributed by atoms with Crippen LogP contribution < -0.4 is 10.6 Å². The van der Waals surface area contributed by atoms with Crippen LogP contribution in [0.1, 0.15) is 107 Å². The minimum absolute atomic E-state index is 0.491. The summed E-state index contributed by atoms with van der Waals surface area (Å²) in [6.45, 7) is 24.8. The van der Waals surface area contributed by atoms with Crippen molar-refractivity contribution in [3.63, 3.8) is 0 Å². The highest BCUT2D eigenvalue weighted by Gasteiger charge is 2.41. The molecule has 0 bridgehead atoms. The molecule has 1 aliphatic carbocycles. The van der Waals surface area contributed by atoms with Gasteiger partial charge in [0, 0.05) is 23.7 Å². The standard InChI is InChI=1S/C13H23N.C11H23N.C2H6/c1-10(2)12-4-6-13(7-5-12)8-9-14-11(13)3;1-5-7-11(4,9(2)3)10-6-8-12-10;1-2/h10,12,14H,3-9H2,1-2H3;9-10,12H,5-8H2,1-4H3;1-2H3. The van der Waals surface area contributed by atoms with Gasteiger partial charge in [-0.05, 0) is 74.7 Å². The fourth-order valence-electron chi connectivity index (χ4n) is 5.46. The first-order valence-corrected chi connectivity index (χ1v) is 12.4. The van der Waals surface area contributed by atoms with E-state index in [9.17, 15) is 0 Å². The SMILES string of the molecule is C=C1NCCC12CCC(C(C)C)CC2.CC.CCCC(C)(C(C)C)C1CCN1. The lowest BCUT2D eigenvalue weighted by atomic mass is 9.66. The van der Waals surface area contributed by atoms with Crippen LogP contribution >= 0.6 is 0 Å². The second kappa shape index (κ2) is 11.6. The Morgan fingerprint density at radius 2 is 1.61 bits per heavy atom. The lowest BCUT2D eigenvalue weighted by Gasteiger charge is -2.47. The van der Waals surface area contributed by atoms with Crippen molar-refractivity contribution in [1.29, 1.82) is 0 Å². The first kappa shape index (κ1) is 25.5. The fourth-order valence-corrected chi connectivity index (χ4v) is 5.46. The zero-order valence-electron chi connectivity index (χ0n) is 20.6. The molecule has 2 heteroatoms. The molecule has 166 valence electrons. The van der Waals surface area contributed by atoms with E-state index in [-0.39, 0.29) is 0 Å². The average molecular weight is 393 g/mol. The second-order valence-electron chi connectivity index (χ2n) is 10.2. The molecule has 0 aromatic heterocycles. The minimum atomic E-state index is 0.491. The first-order chi connectivity index (χ1) is 13.2. The molecule has 2 atom stereocenters. The third-order valence-corrected chi connectivity index (χ3v) is 8.24. The van der Waals surface area contributed by atoms with E-state index in [4.69, 9.17) is 0 Å². The summed E-state index contributed by atoms with van der Waals surface area (Å²) in [5.74, 6) is 2.64. The Kier molecular flexibility index (Phi) is 10.6. The maximum Gasteiger partial charge on any atom is 0.0153 e.